The van der Waals surface area contributed by atoms with Gasteiger partial charge in [-0.05, 0) is 26.0 Å². The summed E-state index contributed by atoms with van der Waals surface area (Å²) in [5.41, 5.74) is 0. The molecule has 1 fully saturated rings. The van der Waals surface area contributed by atoms with Gasteiger partial charge in [-0.1, -0.05) is 6.92 Å². The molecule has 1 aromatic rings. The predicted molar refractivity (Wildman–Crippen MR) is 76.6 cm³/mol. The molecule has 0 amide bonds. The average Bonchev–Trinajstić information content (AvgIpc) is 2.90. The van der Waals surface area contributed by atoms with Gasteiger partial charge in [-0.25, -0.2) is 4.79 Å². The molecule has 1 aliphatic rings. The van der Waals surface area contributed by atoms with E-state index in [1.54, 1.807) is 6.07 Å². The monoisotopic (exact) mass is 283 g/mol. The molecule has 2 heterocycles. The van der Waals surface area contributed by atoms with Gasteiger partial charge >= 0.3 is 5.97 Å². The first-order chi connectivity index (χ1) is 9.04. The van der Waals surface area contributed by atoms with E-state index >= 15 is 0 Å². The van der Waals surface area contributed by atoms with Gasteiger partial charge in [0.15, 0.2) is 0 Å². The van der Waals surface area contributed by atoms with Crippen molar-refractivity contribution in [3.63, 3.8) is 0 Å². The van der Waals surface area contributed by atoms with Crippen molar-refractivity contribution in [2.45, 2.75) is 38.1 Å². The number of rotatable bonds is 3. The number of carbonyl (C=O) groups excluding carboxylic acids is 1. The molecule has 106 valence electrons. The second-order valence-electron chi connectivity index (χ2n) is 4.92. The normalized spacial score (nSPS) is 26.1. The number of esters is 1. The summed E-state index contributed by atoms with van der Waals surface area (Å²) in [5, 5.41) is 0.617. The standard InChI is InChI=1S/C14H21NO3S/c1-9-11(3)19-8-7-15(9)10(2)12-5-6-13(18-12)14(16)17-4/h5-6,9-11H,7-8H2,1-4H3. The summed E-state index contributed by atoms with van der Waals surface area (Å²) >= 11 is 2.01. The molecule has 3 atom stereocenters. The zero-order chi connectivity index (χ0) is 14.0. The largest absolute Gasteiger partial charge is 0.463 e. The van der Waals surface area contributed by atoms with E-state index in [9.17, 15) is 4.79 Å². The highest BCUT2D eigenvalue weighted by atomic mass is 32.2. The first kappa shape index (κ1) is 14.5. The van der Waals surface area contributed by atoms with Crippen molar-refractivity contribution >= 4 is 17.7 Å². The summed E-state index contributed by atoms with van der Waals surface area (Å²) in [6.07, 6.45) is 0. The molecule has 2 rings (SSSR count). The van der Waals surface area contributed by atoms with Crippen molar-refractivity contribution in [3.05, 3.63) is 23.7 Å². The number of hydrogen-bond acceptors (Lipinski definition) is 5. The molecule has 0 aromatic carbocycles. The van der Waals surface area contributed by atoms with Gasteiger partial charge in [0.25, 0.3) is 0 Å². The minimum atomic E-state index is -0.422. The zero-order valence-corrected chi connectivity index (χ0v) is 12.7. The minimum absolute atomic E-state index is 0.178. The summed E-state index contributed by atoms with van der Waals surface area (Å²) in [5.74, 6) is 1.82. The van der Waals surface area contributed by atoms with Gasteiger partial charge in [-0.2, -0.15) is 11.8 Å². The number of carbonyl (C=O) groups is 1. The van der Waals surface area contributed by atoms with Crippen LogP contribution in [0.4, 0.5) is 0 Å². The number of ether oxygens (including phenoxy) is 1. The summed E-state index contributed by atoms with van der Waals surface area (Å²) in [7, 11) is 1.36. The lowest BCUT2D eigenvalue weighted by Gasteiger charge is -2.40. The molecule has 1 aromatic heterocycles. The molecule has 0 N–H and O–H groups in total. The molecule has 0 bridgehead atoms. The van der Waals surface area contributed by atoms with E-state index in [0.29, 0.717) is 11.3 Å². The smallest absolute Gasteiger partial charge is 0.373 e. The number of hydrogen-bond donors (Lipinski definition) is 0. The lowest BCUT2D eigenvalue weighted by Crippen LogP contribution is -2.45. The molecule has 4 nitrogen and oxygen atoms in total. The van der Waals surface area contributed by atoms with Gasteiger partial charge < -0.3 is 9.15 Å². The fourth-order valence-electron chi connectivity index (χ4n) is 2.45. The number of methoxy groups -OCH3 is 1. The van der Waals surface area contributed by atoms with E-state index in [0.717, 1.165) is 18.1 Å². The van der Waals surface area contributed by atoms with E-state index in [-0.39, 0.29) is 11.8 Å². The average molecular weight is 283 g/mol. The van der Waals surface area contributed by atoms with Crippen LogP contribution >= 0.6 is 11.8 Å². The maximum absolute atomic E-state index is 11.4. The van der Waals surface area contributed by atoms with Crippen LogP contribution < -0.4 is 0 Å². The molecule has 0 aliphatic carbocycles. The molecule has 19 heavy (non-hydrogen) atoms. The van der Waals surface area contributed by atoms with Crippen LogP contribution in [0.1, 0.15) is 43.1 Å². The van der Waals surface area contributed by atoms with E-state index in [2.05, 4.69) is 30.4 Å². The number of nitrogens with zero attached hydrogens (tertiary/aromatic N) is 1. The third-order valence-electron chi connectivity index (χ3n) is 3.86. The Morgan fingerprint density at radius 1 is 1.53 bits per heavy atom. The van der Waals surface area contributed by atoms with E-state index in [1.165, 1.54) is 7.11 Å². The zero-order valence-electron chi connectivity index (χ0n) is 11.9. The minimum Gasteiger partial charge on any atom is -0.463 e. The van der Waals surface area contributed by atoms with Crippen LogP contribution in [-0.2, 0) is 4.74 Å². The second kappa shape index (κ2) is 6.01. The molecule has 0 radical (unpaired) electrons. The topological polar surface area (TPSA) is 42.7 Å². The molecule has 0 saturated carbocycles. The van der Waals surface area contributed by atoms with Crippen LogP contribution in [0, 0.1) is 0 Å². The van der Waals surface area contributed by atoms with E-state index < -0.39 is 5.97 Å². The first-order valence-electron chi connectivity index (χ1n) is 6.60. The van der Waals surface area contributed by atoms with E-state index in [4.69, 9.17) is 4.42 Å². The van der Waals surface area contributed by atoms with E-state index in [1.807, 2.05) is 17.8 Å². The van der Waals surface area contributed by atoms with Crippen LogP contribution in [0.15, 0.2) is 16.5 Å². The fourth-order valence-corrected chi connectivity index (χ4v) is 3.58. The molecule has 0 spiro atoms. The van der Waals surface area contributed by atoms with Crippen molar-refractivity contribution in [2.75, 3.05) is 19.4 Å². The van der Waals surface area contributed by atoms with Crippen LogP contribution in [0.5, 0.6) is 0 Å². The highest BCUT2D eigenvalue weighted by Crippen LogP contribution is 2.32. The lowest BCUT2D eigenvalue weighted by atomic mass is 10.1. The van der Waals surface area contributed by atoms with Crippen LogP contribution in [0.2, 0.25) is 0 Å². The Morgan fingerprint density at radius 2 is 2.26 bits per heavy atom. The van der Waals surface area contributed by atoms with Crippen molar-refractivity contribution < 1.29 is 13.9 Å². The van der Waals surface area contributed by atoms with Gasteiger partial charge in [0.2, 0.25) is 5.76 Å². The maximum Gasteiger partial charge on any atom is 0.373 e. The summed E-state index contributed by atoms with van der Waals surface area (Å²) < 4.78 is 10.3. The summed E-state index contributed by atoms with van der Waals surface area (Å²) in [6, 6.07) is 4.23. The Morgan fingerprint density at radius 3 is 2.95 bits per heavy atom. The fraction of sp³-hybridized carbons (Fsp3) is 0.643. The Bertz CT molecular complexity index is 446. The Kier molecular flexibility index (Phi) is 4.58. The summed E-state index contributed by atoms with van der Waals surface area (Å²) in [6.45, 7) is 7.68. The van der Waals surface area contributed by atoms with Gasteiger partial charge in [0, 0.05) is 23.6 Å². The highest BCUT2D eigenvalue weighted by molar-refractivity contribution is 8.00. The quantitative estimate of drug-likeness (QED) is 0.798. The van der Waals surface area contributed by atoms with Crippen molar-refractivity contribution in [2.24, 2.45) is 0 Å². The molecule has 1 aliphatic heterocycles. The lowest BCUT2D eigenvalue weighted by molar-refractivity contribution is 0.0556. The maximum atomic E-state index is 11.4. The number of thioether (sulfide) groups is 1. The first-order valence-corrected chi connectivity index (χ1v) is 7.65. The van der Waals surface area contributed by atoms with Crippen molar-refractivity contribution in [1.29, 1.82) is 0 Å². The third-order valence-corrected chi connectivity index (χ3v) is 5.19. The van der Waals surface area contributed by atoms with Crippen LogP contribution in [0.3, 0.4) is 0 Å². The Balaban J connectivity index is 2.12. The SMILES string of the molecule is COC(=O)c1ccc(C(C)N2CCSC(C)C2C)o1. The highest BCUT2D eigenvalue weighted by Gasteiger charge is 2.30. The van der Waals surface area contributed by atoms with Crippen LogP contribution in [-0.4, -0.2) is 41.6 Å². The van der Waals surface area contributed by atoms with Crippen molar-refractivity contribution in [1.82, 2.24) is 4.90 Å². The molecule has 5 heteroatoms. The summed E-state index contributed by atoms with van der Waals surface area (Å²) in [4.78, 5) is 13.8. The second-order valence-corrected chi connectivity index (χ2v) is 6.41. The van der Waals surface area contributed by atoms with Crippen LogP contribution in [0.25, 0.3) is 0 Å². The predicted octanol–water partition coefficient (Wildman–Crippen LogP) is 2.95. The van der Waals surface area contributed by atoms with Crippen molar-refractivity contribution in [3.8, 4) is 0 Å². The molecular formula is C14H21NO3S. The Hall–Kier alpha value is -0.940. The molecular weight excluding hydrogens is 262 g/mol. The molecule has 3 unspecified atom stereocenters. The Labute approximate surface area is 118 Å². The van der Waals surface area contributed by atoms with Gasteiger partial charge in [0.05, 0.1) is 13.2 Å². The van der Waals surface area contributed by atoms with Gasteiger partial charge in [-0.3, -0.25) is 4.90 Å². The third kappa shape index (κ3) is 2.98. The van der Waals surface area contributed by atoms with Gasteiger partial charge in [0.1, 0.15) is 5.76 Å². The number of furan rings is 1. The molecule has 1 saturated heterocycles. The van der Waals surface area contributed by atoms with Gasteiger partial charge in [-0.15, -0.1) is 0 Å².